The number of hydrogen-bond acceptors (Lipinski definition) is 15. The molecule has 2 aliphatic rings. The lowest BCUT2D eigenvalue weighted by Crippen LogP contribution is -2.34. The van der Waals surface area contributed by atoms with Crippen LogP contribution in [0.1, 0.15) is 23.6 Å². The lowest BCUT2D eigenvalue weighted by Gasteiger charge is -2.35. The van der Waals surface area contributed by atoms with Gasteiger partial charge in [0.05, 0.1) is 6.61 Å². The fourth-order valence-corrected chi connectivity index (χ4v) is 8.62. The van der Waals surface area contributed by atoms with Crippen molar-refractivity contribution in [3.8, 4) is 5.88 Å². The average Bonchev–Trinajstić information content (AvgIpc) is 3.63. The van der Waals surface area contributed by atoms with Gasteiger partial charge in [-0.1, -0.05) is 60.7 Å². The number of rotatable bonds is 14. The molecule has 5 unspecified atom stereocenters. The highest BCUT2D eigenvalue weighted by Crippen LogP contribution is 2.62. The van der Waals surface area contributed by atoms with Crippen molar-refractivity contribution in [2.24, 2.45) is 0 Å². The van der Waals surface area contributed by atoms with Crippen LogP contribution >= 0.6 is 23.4 Å². The van der Waals surface area contributed by atoms with Crippen molar-refractivity contribution in [3.63, 3.8) is 0 Å². The number of nitrogens with one attached hydrogen (secondary N) is 1. The molecule has 17 nitrogen and oxygen atoms in total. The lowest BCUT2D eigenvalue weighted by molar-refractivity contribution is -0.246. The molecule has 3 aromatic carbocycles. The Balaban J connectivity index is 1.15. The van der Waals surface area contributed by atoms with Gasteiger partial charge in [0.15, 0.2) is 12.5 Å². The van der Waals surface area contributed by atoms with E-state index >= 15 is 0 Å². The zero-order valence-electron chi connectivity index (χ0n) is 25.4. The predicted molar refractivity (Wildman–Crippen MR) is 163 cm³/mol. The molecule has 266 valence electrons. The second-order valence-electron chi connectivity index (χ2n) is 10.7. The third kappa shape index (κ3) is 9.19. The summed E-state index contributed by atoms with van der Waals surface area (Å²) in [4.78, 5) is 54.0. The smallest absolute Gasteiger partial charge is 0.353 e. The van der Waals surface area contributed by atoms with Gasteiger partial charge in [-0.3, -0.25) is 22.6 Å². The van der Waals surface area contributed by atoms with Gasteiger partial charge in [-0.15, -0.1) is 0 Å². The summed E-state index contributed by atoms with van der Waals surface area (Å²) >= 11 is 0. The van der Waals surface area contributed by atoms with Crippen LogP contribution in [0.3, 0.4) is 0 Å². The van der Waals surface area contributed by atoms with Gasteiger partial charge in [0.1, 0.15) is 30.7 Å². The zero-order valence-corrected chi connectivity index (χ0v) is 28.1. The van der Waals surface area contributed by atoms with Gasteiger partial charge >= 0.3 is 5.69 Å². The number of phosphoric acid groups is 2. The first-order chi connectivity index (χ1) is 23.8. The van der Waals surface area contributed by atoms with Crippen molar-refractivity contribution < 1.29 is 64.9 Å². The van der Waals surface area contributed by atoms with Crippen LogP contribution in [-0.2, 0) is 47.7 Å². The quantitative estimate of drug-likeness (QED) is 0.182. The molecule has 1 aromatic heterocycles. The molecule has 2 fully saturated rings. The first kappa shape index (κ1) is 36.2. The minimum Gasteiger partial charge on any atom is -0.761 e. The highest BCUT2D eigenvalue weighted by atomic mass is 31.3. The summed E-state index contributed by atoms with van der Waals surface area (Å²) < 4.78 is 88.0. The van der Waals surface area contributed by atoms with Gasteiger partial charge in [-0.25, -0.2) is 13.5 Å². The maximum absolute atomic E-state index is 14.0. The zero-order chi connectivity index (χ0) is 35.5. The molecule has 4 aromatic rings. The maximum Gasteiger partial charge on any atom is 0.353 e. The van der Waals surface area contributed by atoms with Gasteiger partial charge in [-0.2, -0.15) is 4.98 Å². The lowest BCUT2D eigenvalue weighted by atomic mass is 10.1. The molecule has 2 saturated heterocycles. The molecular weight excluding hydrogens is 726 g/mol. The van der Waals surface area contributed by atoms with E-state index in [-0.39, 0.29) is 23.7 Å². The van der Waals surface area contributed by atoms with Gasteiger partial charge in [-0.05, 0) is 29.8 Å². The molecule has 2 aliphatic heterocycles. The topological polar surface area (TPSA) is 232 Å². The maximum atomic E-state index is 14.0. The van der Waals surface area contributed by atoms with Gasteiger partial charge in [0.25, 0.3) is 15.6 Å². The Hall–Kier alpha value is -3.60. The third-order valence-electron chi connectivity index (χ3n) is 7.12. The van der Waals surface area contributed by atoms with E-state index in [1.807, 2.05) is 30.3 Å². The van der Waals surface area contributed by atoms with E-state index in [0.717, 1.165) is 16.2 Å². The first-order valence-electron chi connectivity index (χ1n) is 14.6. The highest BCUT2D eigenvalue weighted by Gasteiger charge is 2.54. The Labute approximate surface area is 282 Å². The SMILES string of the molecule is O=c1nc(OCc2ccccc2)ccn1[C@@H]1O[C@H](COP(=O)([O-])OP(=O)([O-])OP(=O)([O-])Nc2ccccc2)[C@@H]2OC(c3cccc(F)c3)OC21. The monoisotopic (exact) mass is 752 g/mol. The molecule has 0 radical (unpaired) electrons. The fraction of sp³-hybridized carbons (Fsp3) is 0.241. The standard InChI is InChI=1S/C29H29FN3O14P3/c30-21-11-7-10-20(16-21)28-44-25-23(18-42-49(37,38)47-50(39,40)46-48(35,36)32-22-12-5-2-6-13-22)43-27(26(25)45-28)33-15-14-24(31-29(33)34)41-17-19-8-3-1-4-9-19/h1-16,23,25-28H,17-18H2,(H,37,38)(H,39,40)(H2,32,35,36)/p-3/t23-,25+,26?,27-,28?/m1/s1. The van der Waals surface area contributed by atoms with Gasteiger partial charge in [0, 0.05) is 23.5 Å². The van der Waals surface area contributed by atoms with Crippen molar-refractivity contribution in [3.05, 3.63) is 125 Å². The number of nitrogens with zero attached hydrogens (tertiary/aromatic N) is 2. The van der Waals surface area contributed by atoms with Crippen LogP contribution in [-0.4, -0.2) is 34.5 Å². The normalized spacial score (nSPS) is 25.2. The van der Waals surface area contributed by atoms with Gasteiger partial charge in [0.2, 0.25) is 13.6 Å². The van der Waals surface area contributed by atoms with E-state index in [9.17, 15) is 37.6 Å². The van der Waals surface area contributed by atoms with Crippen molar-refractivity contribution in [2.75, 3.05) is 11.7 Å². The first-order valence-corrected chi connectivity index (χ1v) is 19.0. The van der Waals surface area contributed by atoms with Crippen LogP contribution in [0.2, 0.25) is 0 Å². The van der Waals surface area contributed by atoms with Gasteiger partial charge < -0.3 is 43.2 Å². The van der Waals surface area contributed by atoms with Crippen LogP contribution in [0, 0.1) is 5.82 Å². The van der Waals surface area contributed by atoms with Crippen molar-refractivity contribution in [2.45, 2.75) is 37.4 Å². The Morgan fingerprint density at radius 3 is 2.24 bits per heavy atom. The largest absolute Gasteiger partial charge is 0.761 e. The molecule has 50 heavy (non-hydrogen) atoms. The summed E-state index contributed by atoms with van der Waals surface area (Å²) in [7, 11) is -17.4. The van der Waals surface area contributed by atoms with E-state index in [1.54, 1.807) is 11.2 Å². The molecule has 0 bridgehead atoms. The Morgan fingerprint density at radius 1 is 0.840 bits per heavy atom. The summed E-state index contributed by atoms with van der Waals surface area (Å²) in [6, 6.07) is 22.8. The van der Waals surface area contributed by atoms with Crippen LogP contribution in [0.15, 0.2) is 102 Å². The number of phosphoric ester groups is 1. The Morgan fingerprint density at radius 2 is 1.54 bits per heavy atom. The summed E-state index contributed by atoms with van der Waals surface area (Å²) in [6.07, 6.45) is -4.85. The van der Waals surface area contributed by atoms with Crippen LogP contribution in [0.4, 0.5) is 10.1 Å². The summed E-state index contributed by atoms with van der Waals surface area (Å²) in [5.74, 6) is -0.595. The van der Waals surface area contributed by atoms with E-state index in [1.165, 1.54) is 54.7 Å². The molecule has 1 N–H and O–H groups in total. The van der Waals surface area contributed by atoms with Crippen LogP contribution in [0.25, 0.3) is 0 Å². The van der Waals surface area contributed by atoms with E-state index in [2.05, 4.69) is 13.6 Å². The Kier molecular flexibility index (Phi) is 10.8. The molecular formula is C29H26FN3O14P3-3. The minimum absolute atomic E-state index is 0.000981. The minimum atomic E-state index is -6.09. The summed E-state index contributed by atoms with van der Waals surface area (Å²) in [5.41, 5.74) is 0.163. The molecule has 0 saturated carbocycles. The van der Waals surface area contributed by atoms with E-state index in [4.69, 9.17) is 23.5 Å². The number of fused-ring (bicyclic) bond motifs is 1. The number of halogens is 1. The van der Waals surface area contributed by atoms with E-state index in [0.29, 0.717) is 0 Å². The average molecular weight is 752 g/mol. The number of benzene rings is 3. The number of hydrogen-bond donors (Lipinski definition) is 1. The van der Waals surface area contributed by atoms with E-state index < -0.39 is 72.3 Å². The molecule has 21 heteroatoms. The molecule has 0 amide bonds. The molecule has 3 heterocycles. The second-order valence-corrected chi connectivity index (χ2v) is 15.3. The molecule has 0 spiro atoms. The molecule has 8 atom stereocenters. The number of aromatic nitrogens is 2. The Bertz CT molecular complexity index is 2010. The number of para-hydroxylation sites is 1. The van der Waals surface area contributed by atoms with Crippen LogP contribution < -0.4 is 30.2 Å². The van der Waals surface area contributed by atoms with Crippen molar-refractivity contribution in [1.82, 2.24) is 9.55 Å². The number of ether oxygens (including phenoxy) is 4. The second kappa shape index (κ2) is 14.9. The van der Waals surface area contributed by atoms with Crippen LogP contribution in [0.5, 0.6) is 5.88 Å². The number of anilines is 1. The fourth-order valence-electron chi connectivity index (χ4n) is 5.05. The highest BCUT2D eigenvalue weighted by molar-refractivity contribution is 7.67. The third-order valence-corrected chi connectivity index (χ3v) is 11.4. The van der Waals surface area contributed by atoms with Crippen molar-refractivity contribution >= 4 is 29.1 Å². The summed E-state index contributed by atoms with van der Waals surface area (Å²) in [5, 5.41) is 1.80. The predicted octanol–water partition coefficient (Wildman–Crippen LogP) is 2.91. The molecule has 6 rings (SSSR count). The van der Waals surface area contributed by atoms with Crippen molar-refractivity contribution in [1.29, 1.82) is 0 Å². The molecule has 0 aliphatic carbocycles. The summed E-state index contributed by atoms with van der Waals surface area (Å²) in [6.45, 7) is -0.836.